The van der Waals surface area contributed by atoms with Gasteiger partial charge in [-0.15, -0.1) is 0 Å². The van der Waals surface area contributed by atoms with E-state index in [9.17, 15) is 9.59 Å². The van der Waals surface area contributed by atoms with Crippen molar-refractivity contribution in [3.05, 3.63) is 0 Å². The second-order valence-corrected chi connectivity index (χ2v) is 13.2. The lowest BCUT2D eigenvalue weighted by Gasteiger charge is -2.39. The van der Waals surface area contributed by atoms with Crippen molar-refractivity contribution in [2.45, 2.75) is 165 Å². The molecule has 0 aliphatic rings. The van der Waals surface area contributed by atoms with Crippen LogP contribution in [0.2, 0.25) is 0 Å². The molecule has 0 rings (SSSR count). The maximum Gasteiger partial charge on any atom is 0.312 e. The molecule has 0 heterocycles. The molecule has 0 atom stereocenters. The highest BCUT2D eigenvalue weighted by molar-refractivity contribution is 5.77. The first kappa shape index (κ1) is 36.9. The number of carbonyl (C=O) groups is 2. The molecule has 226 valence electrons. The Morgan fingerprint density at radius 1 is 0.526 bits per heavy atom. The minimum absolute atomic E-state index is 0.0220. The van der Waals surface area contributed by atoms with Crippen LogP contribution in [0.25, 0.3) is 0 Å². The number of unbranched alkanes of at least 4 members (excludes halogenated alkanes) is 10. The highest BCUT2D eigenvalue weighted by Gasteiger charge is 2.45. The third kappa shape index (κ3) is 17.5. The molecule has 0 saturated heterocycles. The molecule has 0 aromatic heterocycles. The van der Waals surface area contributed by atoms with E-state index < -0.39 is 0 Å². The van der Waals surface area contributed by atoms with Gasteiger partial charge in [-0.25, -0.2) is 0 Å². The Labute approximate surface area is 237 Å². The number of hydrogen-bond acceptors (Lipinski definition) is 4. The van der Waals surface area contributed by atoms with E-state index in [0.29, 0.717) is 19.6 Å². The first-order chi connectivity index (χ1) is 18.0. The highest BCUT2D eigenvalue weighted by Crippen LogP contribution is 2.42. The van der Waals surface area contributed by atoms with Crippen molar-refractivity contribution >= 4 is 11.9 Å². The van der Waals surface area contributed by atoms with Gasteiger partial charge in [0.15, 0.2) is 0 Å². The van der Waals surface area contributed by atoms with Gasteiger partial charge in [-0.05, 0) is 49.4 Å². The highest BCUT2D eigenvalue weighted by atomic mass is 16.5. The molecule has 0 aliphatic heterocycles. The van der Waals surface area contributed by atoms with Gasteiger partial charge in [0, 0.05) is 6.42 Å². The standard InChI is InChI=1S/C34H66O4/c1-28(2)22-16-14-20-26-37-32(35)24-18-12-10-9-11-13-19-25-34(30(5)6,31(7)8)33(36)38-27-21-15-17-23-29(3)4/h28-31H,9-27H2,1-8H3. The predicted molar refractivity (Wildman–Crippen MR) is 162 cm³/mol. The Hall–Kier alpha value is -1.06. The summed E-state index contributed by atoms with van der Waals surface area (Å²) in [6, 6.07) is 0. The van der Waals surface area contributed by atoms with Crippen LogP contribution in [-0.4, -0.2) is 25.2 Å². The molecule has 0 spiro atoms. The SMILES string of the molecule is CC(C)CCCCCOC(=O)CCCCCCCCCC(C(=O)OCCCCCC(C)C)(C(C)C)C(C)C. The van der Waals surface area contributed by atoms with Gasteiger partial charge in [-0.3, -0.25) is 9.59 Å². The first-order valence-electron chi connectivity index (χ1n) is 16.4. The van der Waals surface area contributed by atoms with Crippen LogP contribution >= 0.6 is 0 Å². The van der Waals surface area contributed by atoms with Gasteiger partial charge in [-0.2, -0.15) is 0 Å². The summed E-state index contributed by atoms with van der Waals surface area (Å²) < 4.78 is 11.2. The normalized spacial score (nSPS) is 12.2. The second kappa shape index (κ2) is 22.7. The van der Waals surface area contributed by atoms with Crippen LogP contribution in [0, 0.1) is 29.1 Å². The number of ether oxygens (including phenoxy) is 2. The lowest BCUT2D eigenvalue weighted by Crippen LogP contribution is -2.42. The van der Waals surface area contributed by atoms with Gasteiger partial charge in [-0.1, -0.05) is 132 Å². The van der Waals surface area contributed by atoms with Crippen LogP contribution in [0.1, 0.15) is 165 Å². The van der Waals surface area contributed by atoms with Gasteiger partial charge in [0.25, 0.3) is 0 Å². The van der Waals surface area contributed by atoms with Crippen LogP contribution < -0.4 is 0 Å². The molecule has 38 heavy (non-hydrogen) atoms. The Morgan fingerprint density at radius 2 is 0.947 bits per heavy atom. The van der Waals surface area contributed by atoms with E-state index >= 15 is 0 Å². The zero-order chi connectivity index (χ0) is 28.8. The molecule has 4 heteroatoms. The third-order valence-electron chi connectivity index (χ3n) is 8.26. The molecule has 0 N–H and O–H groups in total. The lowest BCUT2D eigenvalue weighted by atomic mass is 9.66. The Kier molecular flexibility index (Phi) is 22.1. The second-order valence-electron chi connectivity index (χ2n) is 13.2. The molecule has 0 aromatic carbocycles. The van der Waals surface area contributed by atoms with E-state index in [4.69, 9.17) is 9.47 Å². The minimum atomic E-state index is -0.382. The Bertz CT molecular complexity index is 571. The van der Waals surface area contributed by atoms with Crippen molar-refractivity contribution in [1.82, 2.24) is 0 Å². The maximum atomic E-state index is 13.3. The molecular weight excluding hydrogens is 472 g/mol. The summed E-state index contributed by atoms with van der Waals surface area (Å²) in [5.74, 6) is 2.04. The Morgan fingerprint density at radius 3 is 1.42 bits per heavy atom. The minimum Gasteiger partial charge on any atom is -0.466 e. The topological polar surface area (TPSA) is 52.6 Å². The van der Waals surface area contributed by atoms with Crippen molar-refractivity contribution in [2.75, 3.05) is 13.2 Å². The van der Waals surface area contributed by atoms with Gasteiger partial charge in [0.05, 0.1) is 18.6 Å². The molecule has 0 amide bonds. The van der Waals surface area contributed by atoms with Crippen molar-refractivity contribution < 1.29 is 19.1 Å². The average molecular weight is 539 g/mol. The summed E-state index contributed by atoms with van der Waals surface area (Å²) in [5.41, 5.74) is -0.382. The monoisotopic (exact) mass is 538 g/mol. The number of carbonyl (C=O) groups excluding carboxylic acids is 2. The molecule has 4 nitrogen and oxygen atoms in total. The van der Waals surface area contributed by atoms with E-state index in [2.05, 4.69) is 55.4 Å². The summed E-state index contributed by atoms with van der Waals surface area (Å²) in [5, 5.41) is 0. The van der Waals surface area contributed by atoms with Crippen molar-refractivity contribution in [3.63, 3.8) is 0 Å². The number of hydrogen-bond donors (Lipinski definition) is 0. The van der Waals surface area contributed by atoms with E-state index in [1.165, 1.54) is 44.9 Å². The summed E-state index contributed by atoms with van der Waals surface area (Å²) in [4.78, 5) is 25.2. The molecule has 0 aromatic rings. The number of rotatable bonds is 25. The van der Waals surface area contributed by atoms with Crippen molar-refractivity contribution in [2.24, 2.45) is 29.1 Å². The summed E-state index contributed by atoms with van der Waals surface area (Å²) in [6.07, 6.45) is 18.5. The van der Waals surface area contributed by atoms with E-state index in [1.54, 1.807) is 0 Å². The largest absolute Gasteiger partial charge is 0.466 e. The Balaban J connectivity index is 4.07. The van der Waals surface area contributed by atoms with Crippen LogP contribution in [0.3, 0.4) is 0 Å². The molecule has 0 aliphatic carbocycles. The summed E-state index contributed by atoms with van der Waals surface area (Å²) >= 11 is 0. The summed E-state index contributed by atoms with van der Waals surface area (Å²) in [7, 11) is 0. The third-order valence-corrected chi connectivity index (χ3v) is 8.26. The average Bonchev–Trinajstić information content (AvgIpc) is 2.83. The van der Waals surface area contributed by atoms with Crippen LogP contribution in [-0.2, 0) is 19.1 Å². The zero-order valence-electron chi connectivity index (χ0n) is 26.9. The van der Waals surface area contributed by atoms with E-state index in [1.807, 2.05) is 0 Å². The molecule has 0 radical (unpaired) electrons. The van der Waals surface area contributed by atoms with Crippen LogP contribution in [0.4, 0.5) is 0 Å². The predicted octanol–water partition coefficient (Wildman–Crippen LogP) is 10.3. The lowest BCUT2D eigenvalue weighted by molar-refractivity contribution is -0.164. The number of esters is 2. The van der Waals surface area contributed by atoms with E-state index in [0.717, 1.165) is 69.6 Å². The van der Waals surface area contributed by atoms with E-state index in [-0.39, 0.29) is 29.2 Å². The fourth-order valence-corrected chi connectivity index (χ4v) is 5.61. The maximum absolute atomic E-state index is 13.3. The molecule has 0 unspecified atom stereocenters. The molecule has 0 fully saturated rings. The molecule has 0 saturated carbocycles. The summed E-state index contributed by atoms with van der Waals surface area (Å²) in [6.45, 7) is 18.9. The smallest absolute Gasteiger partial charge is 0.312 e. The van der Waals surface area contributed by atoms with Gasteiger partial charge >= 0.3 is 11.9 Å². The van der Waals surface area contributed by atoms with Crippen molar-refractivity contribution in [1.29, 1.82) is 0 Å². The zero-order valence-corrected chi connectivity index (χ0v) is 26.9. The molecule has 0 bridgehead atoms. The fourth-order valence-electron chi connectivity index (χ4n) is 5.61. The van der Waals surface area contributed by atoms with Gasteiger partial charge in [0.2, 0.25) is 0 Å². The van der Waals surface area contributed by atoms with Crippen molar-refractivity contribution in [3.8, 4) is 0 Å². The van der Waals surface area contributed by atoms with Crippen LogP contribution in [0.5, 0.6) is 0 Å². The van der Waals surface area contributed by atoms with Gasteiger partial charge in [0.1, 0.15) is 0 Å². The first-order valence-corrected chi connectivity index (χ1v) is 16.4. The van der Waals surface area contributed by atoms with Gasteiger partial charge < -0.3 is 9.47 Å². The fraction of sp³-hybridized carbons (Fsp3) is 0.941. The van der Waals surface area contributed by atoms with Crippen LogP contribution in [0.15, 0.2) is 0 Å². The molecular formula is C34H66O4. The quantitative estimate of drug-likeness (QED) is 0.0856.